The molecule has 3 aromatic rings. The standard InChI is InChI=1S/C19H14F3NO3S/c20-13-1-5-15(6-2-13)25-10-12-9-17(27-11-12)18(24)23-14-3-7-16(8-4-14)26-19(21)22/h1-9,11,19H,10H2,(H,23,24). The van der Waals surface area contributed by atoms with Crippen LogP contribution in [-0.2, 0) is 6.61 Å². The van der Waals surface area contributed by atoms with Crippen molar-refractivity contribution in [1.82, 2.24) is 0 Å². The topological polar surface area (TPSA) is 47.6 Å². The van der Waals surface area contributed by atoms with E-state index in [1.165, 1.54) is 59.9 Å². The summed E-state index contributed by atoms with van der Waals surface area (Å²) in [4.78, 5) is 12.7. The highest BCUT2D eigenvalue weighted by Crippen LogP contribution is 2.21. The summed E-state index contributed by atoms with van der Waals surface area (Å²) in [6.07, 6.45) is 0. The Morgan fingerprint density at radius 3 is 2.37 bits per heavy atom. The molecule has 27 heavy (non-hydrogen) atoms. The van der Waals surface area contributed by atoms with Gasteiger partial charge >= 0.3 is 6.61 Å². The number of nitrogens with one attached hydrogen (secondary N) is 1. The van der Waals surface area contributed by atoms with Crippen molar-refractivity contribution in [2.24, 2.45) is 0 Å². The van der Waals surface area contributed by atoms with Crippen LogP contribution in [0.25, 0.3) is 0 Å². The number of anilines is 1. The maximum absolute atomic E-state index is 12.9. The van der Waals surface area contributed by atoms with Crippen LogP contribution in [-0.4, -0.2) is 12.5 Å². The first-order valence-corrected chi connectivity index (χ1v) is 8.69. The lowest BCUT2D eigenvalue weighted by Gasteiger charge is -2.06. The second kappa shape index (κ2) is 8.59. The molecule has 2 aromatic carbocycles. The lowest BCUT2D eigenvalue weighted by molar-refractivity contribution is -0.0498. The van der Waals surface area contributed by atoms with E-state index in [1.807, 2.05) is 0 Å². The summed E-state index contributed by atoms with van der Waals surface area (Å²) in [5.41, 5.74) is 1.26. The van der Waals surface area contributed by atoms with Gasteiger partial charge in [0, 0.05) is 11.3 Å². The Hall–Kier alpha value is -3.00. The third kappa shape index (κ3) is 5.49. The number of carbonyl (C=O) groups excluding carboxylic acids is 1. The van der Waals surface area contributed by atoms with Gasteiger partial charge in [-0.3, -0.25) is 4.79 Å². The number of benzene rings is 2. The van der Waals surface area contributed by atoms with Crippen molar-refractivity contribution in [1.29, 1.82) is 0 Å². The van der Waals surface area contributed by atoms with E-state index in [-0.39, 0.29) is 24.1 Å². The lowest BCUT2D eigenvalue weighted by Crippen LogP contribution is -2.10. The molecule has 4 nitrogen and oxygen atoms in total. The second-order valence-electron chi connectivity index (χ2n) is 5.42. The second-order valence-corrected chi connectivity index (χ2v) is 6.33. The van der Waals surface area contributed by atoms with Gasteiger partial charge < -0.3 is 14.8 Å². The summed E-state index contributed by atoms with van der Waals surface area (Å²) in [5.74, 6) is -0.125. The van der Waals surface area contributed by atoms with Crippen LogP contribution in [0.5, 0.6) is 11.5 Å². The fourth-order valence-corrected chi connectivity index (χ4v) is 2.97. The van der Waals surface area contributed by atoms with E-state index in [4.69, 9.17) is 4.74 Å². The van der Waals surface area contributed by atoms with Crippen LogP contribution >= 0.6 is 11.3 Å². The van der Waals surface area contributed by atoms with E-state index in [1.54, 1.807) is 11.4 Å². The Bertz CT molecular complexity index is 895. The number of thiophene rings is 1. The average molecular weight is 393 g/mol. The van der Waals surface area contributed by atoms with E-state index in [9.17, 15) is 18.0 Å². The van der Waals surface area contributed by atoms with Gasteiger partial charge in [-0.1, -0.05) is 0 Å². The highest BCUT2D eigenvalue weighted by Gasteiger charge is 2.11. The van der Waals surface area contributed by atoms with Gasteiger partial charge in [-0.15, -0.1) is 11.3 Å². The molecule has 3 rings (SSSR count). The molecule has 0 aliphatic rings. The quantitative estimate of drug-likeness (QED) is 0.591. The van der Waals surface area contributed by atoms with Crippen molar-refractivity contribution in [3.05, 3.63) is 76.2 Å². The molecule has 0 fully saturated rings. The van der Waals surface area contributed by atoms with E-state index < -0.39 is 6.61 Å². The Labute approximate surface area is 157 Å². The van der Waals surface area contributed by atoms with Crippen molar-refractivity contribution in [3.63, 3.8) is 0 Å². The first-order chi connectivity index (χ1) is 13.0. The monoisotopic (exact) mass is 393 g/mol. The molecule has 1 amide bonds. The van der Waals surface area contributed by atoms with Gasteiger partial charge in [0.25, 0.3) is 5.91 Å². The van der Waals surface area contributed by atoms with Crippen LogP contribution in [0.4, 0.5) is 18.9 Å². The lowest BCUT2D eigenvalue weighted by atomic mass is 10.3. The van der Waals surface area contributed by atoms with Crippen LogP contribution in [0.2, 0.25) is 0 Å². The zero-order valence-electron chi connectivity index (χ0n) is 13.8. The molecule has 1 heterocycles. The van der Waals surface area contributed by atoms with Crippen LogP contribution < -0.4 is 14.8 Å². The number of halogens is 3. The largest absolute Gasteiger partial charge is 0.489 e. The van der Waals surface area contributed by atoms with Gasteiger partial charge in [0.1, 0.15) is 23.9 Å². The molecule has 0 spiro atoms. The number of carbonyl (C=O) groups is 1. The van der Waals surface area contributed by atoms with Crippen molar-refractivity contribution in [2.45, 2.75) is 13.2 Å². The van der Waals surface area contributed by atoms with E-state index in [0.29, 0.717) is 16.3 Å². The maximum atomic E-state index is 12.9. The molecular formula is C19H14F3NO3S. The predicted octanol–water partition coefficient (Wildman–Crippen LogP) is 5.32. The van der Waals surface area contributed by atoms with Gasteiger partial charge in [-0.05, 0) is 60.0 Å². The minimum atomic E-state index is -2.90. The van der Waals surface area contributed by atoms with Gasteiger partial charge in [0.05, 0.1) is 4.88 Å². The van der Waals surface area contributed by atoms with Crippen LogP contribution in [0, 0.1) is 5.82 Å². The number of amides is 1. The van der Waals surface area contributed by atoms with Crippen molar-refractivity contribution >= 4 is 22.9 Å². The maximum Gasteiger partial charge on any atom is 0.387 e. The number of ether oxygens (including phenoxy) is 2. The SMILES string of the molecule is O=C(Nc1ccc(OC(F)F)cc1)c1cc(COc2ccc(F)cc2)cs1. The number of hydrogen-bond donors (Lipinski definition) is 1. The van der Waals surface area contributed by atoms with E-state index >= 15 is 0 Å². The third-order valence-corrected chi connectivity index (χ3v) is 4.41. The molecule has 0 saturated carbocycles. The first kappa shape index (κ1) is 18.8. The molecule has 0 atom stereocenters. The Morgan fingerprint density at radius 1 is 1.04 bits per heavy atom. The molecule has 0 aliphatic carbocycles. The summed E-state index contributed by atoms with van der Waals surface area (Å²) in [6.45, 7) is -2.65. The first-order valence-electron chi connectivity index (χ1n) is 7.81. The summed E-state index contributed by atoms with van der Waals surface area (Å²) in [5, 5.41) is 4.47. The van der Waals surface area contributed by atoms with Gasteiger partial charge in [-0.2, -0.15) is 8.78 Å². The van der Waals surface area contributed by atoms with Crippen LogP contribution in [0.1, 0.15) is 15.2 Å². The molecule has 0 aliphatic heterocycles. The summed E-state index contributed by atoms with van der Waals surface area (Å²) in [6, 6.07) is 13.0. The summed E-state index contributed by atoms with van der Waals surface area (Å²) in [7, 11) is 0. The van der Waals surface area contributed by atoms with Crippen LogP contribution in [0.15, 0.2) is 60.0 Å². The summed E-state index contributed by atoms with van der Waals surface area (Å²) >= 11 is 1.25. The predicted molar refractivity (Wildman–Crippen MR) is 96.1 cm³/mol. The van der Waals surface area contributed by atoms with Crippen molar-refractivity contribution in [3.8, 4) is 11.5 Å². The molecule has 0 radical (unpaired) electrons. The number of rotatable bonds is 7. The molecule has 1 aromatic heterocycles. The Morgan fingerprint density at radius 2 is 1.70 bits per heavy atom. The molecule has 140 valence electrons. The van der Waals surface area contributed by atoms with E-state index in [0.717, 1.165) is 5.56 Å². The smallest absolute Gasteiger partial charge is 0.387 e. The van der Waals surface area contributed by atoms with Crippen molar-refractivity contribution in [2.75, 3.05) is 5.32 Å². The fraction of sp³-hybridized carbons (Fsp3) is 0.105. The molecule has 0 saturated heterocycles. The number of hydrogen-bond acceptors (Lipinski definition) is 4. The highest BCUT2D eigenvalue weighted by molar-refractivity contribution is 7.12. The van der Waals surface area contributed by atoms with E-state index in [2.05, 4.69) is 10.1 Å². The minimum absolute atomic E-state index is 0.0133. The summed E-state index contributed by atoms with van der Waals surface area (Å²) < 4.78 is 46.9. The normalized spacial score (nSPS) is 10.7. The average Bonchev–Trinajstić information content (AvgIpc) is 3.12. The molecule has 8 heteroatoms. The highest BCUT2D eigenvalue weighted by atomic mass is 32.1. The number of alkyl halides is 2. The Balaban J connectivity index is 1.55. The minimum Gasteiger partial charge on any atom is -0.489 e. The van der Waals surface area contributed by atoms with Crippen LogP contribution in [0.3, 0.4) is 0 Å². The molecular weight excluding hydrogens is 379 g/mol. The van der Waals surface area contributed by atoms with Gasteiger partial charge in [0.15, 0.2) is 0 Å². The molecule has 1 N–H and O–H groups in total. The van der Waals surface area contributed by atoms with Gasteiger partial charge in [-0.25, -0.2) is 4.39 Å². The zero-order valence-corrected chi connectivity index (χ0v) is 14.6. The van der Waals surface area contributed by atoms with Gasteiger partial charge in [0.2, 0.25) is 0 Å². The molecule has 0 bridgehead atoms. The Kier molecular flexibility index (Phi) is 5.97. The molecule has 0 unspecified atom stereocenters. The fourth-order valence-electron chi connectivity index (χ4n) is 2.18. The van der Waals surface area contributed by atoms with Crippen molar-refractivity contribution < 1.29 is 27.4 Å². The third-order valence-electron chi connectivity index (χ3n) is 3.43. The zero-order chi connectivity index (χ0) is 19.2.